The number of hydrogen-bond donors (Lipinski definition) is 2. The van der Waals surface area contributed by atoms with Gasteiger partial charge < -0.3 is 15.2 Å². The molecule has 0 fully saturated rings. The van der Waals surface area contributed by atoms with Crippen LogP contribution in [0, 0.1) is 0 Å². The molecule has 0 bridgehead atoms. The molecule has 0 aliphatic heterocycles. The maximum atomic E-state index is 12.3. The highest BCUT2D eigenvalue weighted by molar-refractivity contribution is 6.38. The number of carboxylic acids is 1. The summed E-state index contributed by atoms with van der Waals surface area (Å²) >= 11 is 17.9. The molecular formula is C15H10Cl3NO4. The van der Waals surface area contributed by atoms with Crippen LogP contribution in [0.15, 0.2) is 30.3 Å². The van der Waals surface area contributed by atoms with Crippen molar-refractivity contribution in [1.82, 2.24) is 0 Å². The number of anilines is 1. The Labute approximate surface area is 146 Å². The Morgan fingerprint density at radius 3 is 2.13 bits per heavy atom. The molecular weight excluding hydrogens is 365 g/mol. The Bertz CT molecular complexity index is 769. The third kappa shape index (κ3) is 3.88. The van der Waals surface area contributed by atoms with Gasteiger partial charge in [-0.25, -0.2) is 4.79 Å². The van der Waals surface area contributed by atoms with Crippen molar-refractivity contribution in [2.45, 2.75) is 0 Å². The largest absolute Gasteiger partial charge is 0.494 e. The lowest BCUT2D eigenvalue weighted by Gasteiger charge is -2.11. The summed E-state index contributed by atoms with van der Waals surface area (Å²) in [7, 11) is 1.41. The van der Waals surface area contributed by atoms with Crippen LogP contribution in [0.5, 0.6) is 5.75 Å². The lowest BCUT2D eigenvalue weighted by molar-refractivity contribution is 0.0696. The summed E-state index contributed by atoms with van der Waals surface area (Å²) in [5.74, 6) is -1.41. The average Bonchev–Trinajstić information content (AvgIpc) is 2.48. The van der Waals surface area contributed by atoms with Gasteiger partial charge in [0.05, 0.1) is 33.4 Å². The van der Waals surface area contributed by atoms with Gasteiger partial charge in [-0.05, 0) is 30.3 Å². The van der Waals surface area contributed by atoms with Gasteiger partial charge in [0.25, 0.3) is 5.91 Å². The van der Waals surface area contributed by atoms with E-state index in [0.29, 0.717) is 0 Å². The summed E-state index contributed by atoms with van der Waals surface area (Å²) in [6.45, 7) is 0. The van der Waals surface area contributed by atoms with Crippen LogP contribution in [-0.2, 0) is 0 Å². The van der Waals surface area contributed by atoms with E-state index in [4.69, 9.17) is 44.6 Å². The number of ether oxygens (including phenoxy) is 1. The Kier molecular flexibility index (Phi) is 5.36. The number of carbonyl (C=O) groups excluding carboxylic acids is 1. The normalized spacial score (nSPS) is 10.3. The lowest BCUT2D eigenvalue weighted by atomic mass is 10.1. The monoisotopic (exact) mass is 373 g/mol. The zero-order chi connectivity index (χ0) is 17.1. The number of methoxy groups -OCH3 is 1. The van der Waals surface area contributed by atoms with Crippen molar-refractivity contribution in [3.63, 3.8) is 0 Å². The molecule has 0 spiro atoms. The van der Waals surface area contributed by atoms with Crippen LogP contribution < -0.4 is 10.1 Å². The fourth-order valence-electron chi connectivity index (χ4n) is 1.83. The van der Waals surface area contributed by atoms with E-state index in [1.807, 2.05) is 0 Å². The molecule has 0 saturated heterocycles. The molecule has 0 unspecified atom stereocenters. The fourth-order valence-corrected chi connectivity index (χ4v) is 2.64. The maximum absolute atomic E-state index is 12.3. The number of hydrogen-bond acceptors (Lipinski definition) is 3. The van der Waals surface area contributed by atoms with Crippen LogP contribution in [0.1, 0.15) is 20.7 Å². The minimum atomic E-state index is -1.13. The number of carboxylic acid groups (broad SMARTS) is 1. The Morgan fingerprint density at radius 2 is 1.61 bits per heavy atom. The van der Waals surface area contributed by atoms with E-state index in [2.05, 4.69) is 5.32 Å². The summed E-state index contributed by atoms with van der Waals surface area (Å²) in [5, 5.41) is 12.1. The molecule has 2 N–H and O–H groups in total. The third-order valence-electron chi connectivity index (χ3n) is 2.93. The highest BCUT2D eigenvalue weighted by Crippen LogP contribution is 2.34. The molecule has 2 aromatic rings. The van der Waals surface area contributed by atoms with Crippen molar-refractivity contribution in [3.8, 4) is 5.75 Å². The van der Waals surface area contributed by atoms with Crippen molar-refractivity contribution >= 4 is 52.4 Å². The quantitative estimate of drug-likeness (QED) is 0.819. The zero-order valence-corrected chi connectivity index (χ0v) is 14.0. The van der Waals surface area contributed by atoms with Gasteiger partial charge in [0.15, 0.2) is 5.75 Å². The molecule has 2 rings (SSSR count). The molecule has 0 atom stereocenters. The number of benzene rings is 2. The number of carbonyl (C=O) groups is 2. The fraction of sp³-hybridized carbons (Fsp3) is 0.0667. The Morgan fingerprint density at radius 1 is 1.00 bits per heavy atom. The molecule has 5 nitrogen and oxygen atoms in total. The standard InChI is InChI=1S/C15H10Cl3NO4/c1-23-13-10(17)4-8(5-11(13)18)14(20)19-12-6-7(15(21)22)2-3-9(12)16/h2-6H,1H3,(H,19,20)(H,21,22). The molecule has 0 heterocycles. The van der Waals surface area contributed by atoms with Gasteiger partial charge in [-0.15, -0.1) is 0 Å². The second-order valence-corrected chi connectivity index (χ2v) is 5.65. The van der Waals surface area contributed by atoms with Crippen molar-refractivity contribution in [1.29, 1.82) is 0 Å². The van der Waals surface area contributed by atoms with E-state index in [0.717, 1.165) is 0 Å². The molecule has 8 heteroatoms. The van der Waals surface area contributed by atoms with Crippen molar-refractivity contribution in [2.24, 2.45) is 0 Å². The lowest BCUT2D eigenvalue weighted by Crippen LogP contribution is -2.13. The van der Waals surface area contributed by atoms with Gasteiger partial charge >= 0.3 is 5.97 Å². The van der Waals surface area contributed by atoms with Crippen LogP contribution in [-0.4, -0.2) is 24.1 Å². The van der Waals surface area contributed by atoms with Crippen molar-refractivity contribution < 1.29 is 19.4 Å². The number of nitrogens with one attached hydrogen (secondary N) is 1. The van der Waals surface area contributed by atoms with Crippen molar-refractivity contribution in [2.75, 3.05) is 12.4 Å². The van der Waals surface area contributed by atoms with E-state index in [1.165, 1.54) is 37.4 Å². The van der Waals surface area contributed by atoms with Crippen LogP contribution in [0.3, 0.4) is 0 Å². The van der Waals surface area contributed by atoms with Crippen LogP contribution in [0.2, 0.25) is 15.1 Å². The maximum Gasteiger partial charge on any atom is 0.335 e. The molecule has 120 valence electrons. The molecule has 0 aromatic heterocycles. The second kappa shape index (κ2) is 7.08. The van der Waals surface area contributed by atoms with E-state index in [1.54, 1.807) is 0 Å². The number of halogens is 3. The van der Waals surface area contributed by atoms with E-state index >= 15 is 0 Å². The first-order valence-corrected chi connectivity index (χ1v) is 7.34. The third-order valence-corrected chi connectivity index (χ3v) is 3.82. The molecule has 0 saturated carbocycles. The Hall–Kier alpha value is -1.95. The zero-order valence-electron chi connectivity index (χ0n) is 11.7. The SMILES string of the molecule is COc1c(Cl)cc(C(=O)Nc2cc(C(=O)O)ccc2Cl)cc1Cl. The van der Waals surface area contributed by atoms with Crippen molar-refractivity contribution in [3.05, 3.63) is 56.5 Å². The average molecular weight is 375 g/mol. The van der Waals surface area contributed by atoms with Gasteiger partial charge in [-0.1, -0.05) is 34.8 Å². The first-order valence-electron chi connectivity index (χ1n) is 6.20. The van der Waals surface area contributed by atoms with Crippen LogP contribution in [0.4, 0.5) is 5.69 Å². The highest BCUT2D eigenvalue weighted by atomic mass is 35.5. The predicted molar refractivity (Wildman–Crippen MR) is 89.4 cm³/mol. The van der Waals surface area contributed by atoms with E-state index in [9.17, 15) is 9.59 Å². The first-order chi connectivity index (χ1) is 10.8. The second-order valence-electron chi connectivity index (χ2n) is 4.43. The number of aromatic carboxylic acids is 1. The highest BCUT2D eigenvalue weighted by Gasteiger charge is 2.15. The minimum absolute atomic E-state index is 0.00417. The minimum Gasteiger partial charge on any atom is -0.494 e. The van der Waals surface area contributed by atoms with Gasteiger partial charge in [-0.3, -0.25) is 4.79 Å². The summed E-state index contributed by atoms with van der Waals surface area (Å²) in [5.41, 5.74) is 0.340. The van der Waals surface area contributed by atoms with Crippen LogP contribution >= 0.6 is 34.8 Å². The van der Waals surface area contributed by atoms with Gasteiger partial charge in [0.2, 0.25) is 0 Å². The van der Waals surface area contributed by atoms with Gasteiger partial charge in [-0.2, -0.15) is 0 Å². The van der Waals surface area contributed by atoms with Gasteiger partial charge in [0, 0.05) is 5.56 Å². The summed E-state index contributed by atoms with van der Waals surface area (Å²) in [6, 6.07) is 6.75. The number of rotatable bonds is 4. The molecule has 0 radical (unpaired) electrons. The number of amides is 1. The smallest absolute Gasteiger partial charge is 0.335 e. The van der Waals surface area contributed by atoms with Gasteiger partial charge in [0.1, 0.15) is 0 Å². The first kappa shape index (κ1) is 17.4. The molecule has 2 aromatic carbocycles. The predicted octanol–water partition coefficient (Wildman–Crippen LogP) is 4.61. The van der Waals surface area contributed by atoms with E-state index in [-0.39, 0.29) is 37.6 Å². The Balaban J connectivity index is 2.33. The van der Waals surface area contributed by atoms with Crippen LogP contribution in [0.25, 0.3) is 0 Å². The molecule has 1 amide bonds. The summed E-state index contributed by atoms with van der Waals surface area (Å²) < 4.78 is 5.01. The topological polar surface area (TPSA) is 75.6 Å². The molecule has 0 aliphatic carbocycles. The molecule has 23 heavy (non-hydrogen) atoms. The molecule has 0 aliphatic rings. The van der Waals surface area contributed by atoms with E-state index < -0.39 is 11.9 Å². The summed E-state index contributed by atoms with van der Waals surface area (Å²) in [6.07, 6.45) is 0. The summed E-state index contributed by atoms with van der Waals surface area (Å²) in [4.78, 5) is 23.3.